The van der Waals surface area contributed by atoms with Crippen LogP contribution in [-0.4, -0.2) is 30.5 Å². The Morgan fingerprint density at radius 2 is 1.90 bits per heavy atom. The molecule has 3 heteroatoms. The van der Waals surface area contributed by atoms with Crippen molar-refractivity contribution in [2.24, 2.45) is 5.92 Å². The van der Waals surface area contributed by atoms with Gasteiger partial charge in [0, 0.05) is 19.5 Å². The van der Waals surface area contributed by atoms with E-state index < -0.39 is 0 Å². The van der Waals surface area contributed by atoms with E-state index in [9.17, 15) is 4.79 Å². The van der Waals surface area contributed by atoms with E-state index in [-0.39, 0.29) is 0 Å². The number of unbranched alkanes of at least 4 members (excludes halogenated alkanes) is 1. The molecule has 1 amide bonds. The van der Waals surface area contributed by atoms with Crippen LogP contribution in [0.15, 0.2) is 24.3 Å². The molecule has 1 aromatic rings. The highest BCUT2D eigenvalue weighted by molar-refractivity contribution is 5.76. The second-order valence-corrected chi connectivity index (χ2v) is 6.05. The first-order valence-electron chi connectivity index (χ1n) is 8.16. The molecule has 3 nitrogen and oxygen atoms in total. The van der Waals surface area contributed by atoms with Crippen molar-refractivity contribution >= 4 is 5.91 Å². The average Bonchev–Trinajstić information content (AvgIpc) is 2.52. The van der Waals surface area contributed by atoms with Crippen molar-refractivity contribution in [2.45, 2.75) is 46.0 Å². The number of likely N-dealkylation sites (tertiary alicyclic amines) is 1. The zero-order chi connectivity index (χ0) is 15.1. The van der Waals surface area contributed by atoms with Crippen molar-refractivity contribution < 1.29 is 9.53 Å². The molecular weight excluding hydrogens is 262 g/mol. The van der Waals surface area contributed by atoms with Crippen molar-refractivity contribution in [3.8, 4) is 5.75 Å². The number of benzene rings is 1. The lowest BCUT2D eigenvalue weighted by molar-refractivity contribution is -0.132. The highest BCUT2D eigenvalue weighted by Gasteiger charge is 2.22. The lowest BCUT2D eigenvalue weighted by Crippen LogP contribution is -2.39. The van der Waals surface area contributed by atoms with Crippen molar-refractivity contribution in [1.29, 1.82) is 0 Å². The number of carbonyl (C=O) groups is 1. The third kappa shape index (κ3) is 5.07. The van der Waals surface area contributed by atoms with Gasteiger partial charge in [0.2, 0.25) is 5.91 Å². The molecule has 0 radical (unpaired) electrons. The standard InChI is InChI=1S/C18H27NO2/c1-3-4-5-18(20)19-12-10-16(11-13-19)14-21-17-8-6-15(2)7-9-17/h6-9,16H,3-5,10-14H2,1-2H3. The lowest BCUT2D eigenvalue weighted by Gasteiger charge is -2.32. The van der Waals surface area contributed by atoms with Crippen molar-refractivity contribution in [2.75, 3.05) is 19.7 Å². The van der Waals surface area contributed by atoms with Crippen molar-refractivity contribution in [3.05, 3.63) is 29.8 Å². The zero-order valence-corrected chi connectivity index (χ0v) is 13.3. The van der Waals surface area contributed by atoms with E-state index in [0.29, 0.717) is 18.2 Å². The van der Waals surface area contributed by atoms with E-state index in [1.165, 1.54) is 5.56 Å². The largest absolute Gasteiger partial charge is 0.493 e. The molecular formula is C18H27NO2. The Kier molecular flexibility index (Phi) is 6.09. The molecule has 0 N–H and O–H groups in total. The van der Waals surface area contributed by atoms with E-state index in [1.54, 1.807) is 0 Å². The maximum atomic E-state index is 12.0. The van der Waals surface area contributed by atoms with Crippen molar-refractivity contribution in [3.63, 3.8) is 0 Å². The van der Waals surface area contributed by atoms with Gasteiger partial charge in [-0.1, -0.05) is 31.0 Å². The number of ether oxygens (including phenoxy) is 1. The Balaban J connectivity index is 1.69. The summed E-state index contributed by atoms with van der Waals surface area (Å²) in [4.78, 5) is 14.0. The predicted molar refractivity (Wildman–Crippen MR) is 85.5 cm³/mol. The van der Waals surface area contributed by atoms with Crippen LogP contribution in [-0.2, 0) is 4.79 Å². The van der Waals surface area contributed by atoms with Crippen molar-refractivity contribution in [1.82, 2.24) is 4.90 Å². The second-order valence-electron chi connectivity index (χ2n) is 6.05. The van der Waals surface area contributed by atoms with Gasteiger partial charge in [-0.2, -0.15) is 0 Å². The van der Waals surface area contributed by atoms with E-state index in [0.717, 1.165) is 51.1 Å². The van der Waals surface area contributed by atoms with Gasteiger partial charge in [0.25, 0.3) is 0 Å². The summed E-state index contributed by atoms with van der Waals surface area (Å²) in [6.45, 7) is 6.76. The van der Waals surface area contributed by atoms with Crippen LogP contribution in [0.3, 0.4) is 0 Å². The quantitative estimate of drug-likeness (QED) is 0.797. The lowest BCUT2D eigenvalue weighted by atomic mass is 9.97. The molecule has 116 valence electrons. The summed E-state index contributed by atoms with van der Waals surface area (Å²) in [5.74, 6) is 1.85. The molecule has 1 heterocycles. The fraction of sp³-hybridized carbons (Fsp3) is 0.611. The first-order valence-corrected chi connectivity index (χ1v) is 8.16. The minimum absolute atomic E-state index is 0.328. The Labute approximate surface area is 128 Å². The van der Waals surface area contributed by atoms with Gasteiger partial charge in [-0.15, -0.1) is 0 Å². The van der Waals surface area contributed by atoms with Crippen LogP contribution in [0.1, 0.15) is 44.6 Å². The zero-order valence-electron chi connectivity index (χ0n) is 13.3. The van der Waals surface area contributed by atoms with E-state index in [4.69, 9.17) is 4.74 Å². The summed E-state index contributed by atoms with van der Waals surface area (Å²) in [7, 11) is 0. The number of hydrogen-bond acceptors (Lipinski definition) is 2. The molecule has 1 aromatic carbocycles. The first-order chi connectivity index (χ1) is 10.2. The van der Waals surface area contributed by atoms with Gasteiger partial charge in [0.1, 0.15) is 5.75 Å². The Morgan fingerprint density at radius 1 is 1.24 bits per heavy atom. The molecule has 1 aliphatic rings. The number of piperidine rings is 1. The summed E-state index contributed by atoms with van der Waals surface area (Å²) in [5, 5.41) is 0. The van der Waals surface area contributed by atoms with Crippen LogP contribution >= 0.6 is 0 Å². The summed E-state index contributed by atoms with van der Waals surface area (Å²) in [6, 6.07) is 8.20. The molecule has 0 bridgehead atoms. The molecule has 1 fully saturated rings. The Hall–Kier alpha value is -1.51. The normalized spacial score (nSPS) is 16.0. The monoisotopic (exact) mass is 289 g/mol. The van der Waals surface area contributed by atoms with E-state index in [2.05, 4.69) is 26.0 Å². The topological polar surface area (TPSA) is 29.5 Å². The molecule has 0 aliphatic carbocycles. The Morgan fingerprint density at radius 3 is 2.52 bits per heavy atom. The van der Waals surface area contributed by atoms with Crippen LogP contribution in [0.2, 0.25) is 0 Å². The molecule has 1 saturated heterocycles. The Bertz CT molecular complexity index is 433. The van der Waals surface area contributed by atoms with E-state index >= 15 is 0 Å². The van der Waals surface area contributed by atoms with Crippen LogP contribution in [0.5, 0.6) is 5.75 Å². The van der Waals surface area contributed by atoms with Gasteiger partial charge >= 0.3 is 0 Å². The molecule has 0 saturated carbocycles. The number of nitrogens with zero attached hydrogens (tertiary/aromatic N) is 1. The highest BCUT2D eigenvalue weighted by atomic mass is 16.5. The second kappa shape index (κ2) is 8.06. The van der Waals surface area contributed by atoms with Gasteiger partial charge in [-0.3, -0.25) is 4.79 Å². The van der Waals surface area contributed by atoms with Crippen LogP contribution < -0.4 is 4.74 Å². The van der Waals surface area contributed by atoms with Crippen LogP contribution in [0.25, 0.3) is 0 Å². The predicted octanol–water partition coefficient (Wildman–Crippen LogP) is 3.80. The summed E-state index contributed by atoms with van der Waals surface area (Å²) in [5.41, 5.74) is 1.25. The minimum atomic E-state index is 0.328. The number of amides is 1. The van der Waals surface area contributed by atoms with Gasteiger partial charge in [-0.25, -0.2) is 0 Å². The molecule has 0 atom stereocenters. The number of carbonyl (C=O) groups excluding carboxylic acids is 1. The van der Waals surface area contributed by atoms with Crippen LogP contribution in [0, 0.1) is 12.8 Å². The third-order valence-electron chi connectivity index (χ3n) is 4.22. The van der Waals surface area contributed by atoms with Gasteiger partial charge in [0.15, 0.2) is 0 Å². The number of rotatable bonds is 6. The smallest absolute Gasteiger partial charge is 0.222 e. The molecule has 0 aromatic heterocycles. The first kappa shape index (κ1) is 15.9. The summed E-state index contributed by atoms with van der Waals surface area (Å²) in [6.07, 6.45) is 4.93. The number of aryl methyl sites for hydroxylation is 1. The molecule has 21 heavy (non-hydrogen) atoms. The van der Waals surface area contributed by atoms with Gasteiger partial charge in [0.05, 0.1) is 6.61 Å². The maximum Gasteiger partial charge on any atom is 0.222 e. The van der Waals surface area contributed by atoms with Crippen LogP contribution in [0.4, 0.5) is 0 Å². The molecule has 0 spiro atoms. The number of hydrogen-bond donors (Lipinski definition) is 0. The molecule has 2 rings (SSSR count). The van der Waals surface area contributed by atoms with Gasteiger partial charge in [-0.05, 0) is 44.2 Å². The van der Waals surface area contributed by atoms with Gasteiger partial charge < -0.3 is 9.64 Å². The minimum Gasteiger partial charge on any atom is -0.493 e. The summed E-state index contributed by atoms with van der Waals surface area (Å²) < 4.78 is 5.86. The fourth-order valence-electron chi connectivity index (χ4n) is 2.68. The highest BCUT2D eigenvalue weighted by Crippen LogP contribution is 2.20. The summed E-state index contributed by atoms with van der Waals surface area (Å²) >= 11 is 0. The average molecular weight is 289 g/mol. The molecule has 0 unspecified atom stereocenters. The maximum absolute atomic E-state index is 12.0. The molecule has 1 aliphatic heterocycles. The third-order valence-corrected chi connectivity index (χ3v) is 4.22. The fourth-order valence-corrected chi connectivity index (χ4v) is 2.68. The van der Waals surface area contributed by atoms with E-state index in [1.807, 2.05) is 17.0 Å². The SMILES string of the molecule is CCCCC(=O)N1CCC(COc2ccc(C)cc2)CC1.